The van der Waals surface area contributed by atoms with Gasteiger partial charge in [0.15, 0.2) is 0 Å². The molecule has 1 aliphatic heterocycles. The van der Waals surface area contributed by atoms with Gasteiger partial charge in [0.1, 0.15) is 4.90 Å². The van der Waals surface area contributed by atoms with Crippen molar-refractivity contribution in [3.05, 3.63) is 48.3 Å². The standard InChI is InChI=1S/C15H17N3O2S/c1-11-6-7-12-4-2-3-5-14(12)18(11)21(19,20)15-10-17-9-8-13(15)16/h2-5,8-11H,6-7H2,1H3,(H2,16,17). The van der Waals surface area contributed by atoms with Crippen molar-refractivity contribution in [2.45, 2.75) is 30.7 Å². The minimum absolute atomic E-state index is 0.0635. The van der Waals surface area contributed by atoms with Crippen molar-refractivity contribution in [2.75, 3.05) is 10.0 Å². The lowest BCUT2D eigenvalue weighted by atomic mass is 9.99. The second-order valence-electron chi connectivity index (χ2n) is 5.23. The van der Waals surface area contributed by atoms with Gasteiger partial charge in [0.25, 0.3) is 10.0 Å². The molecular weight excluding hydrogens is 286 g/mol. The molecule has 1 aromatic heterocycles. The van der Waals surface area contributed by atoms with Gasteiger partial charge in [-0.15, -0.1) is 0 Å². The first-order chi connectivity index (χ1) is 10.0. The zero-order chi connectivity index (χ0) is 15.0. The zero-order valence-corrected chi connectivity index (χ0v) is 12.5. The molecule has 0 saturated carbocycles. The van der Waals surface area contributed by atoms with Gasteiger partial charge < -0.3 is 5.73 Å². The SMILES string of the molecule is CC1CCc2ccccc2N1S(=O)(=O)c1cnccc1N. The summed E-state index contributed by atoms with van der Waals surface area (Å²) in [4.78, 5) is 3.97. The van der Waals surface area contributed by atoms with Crippen LogP contribution in [-0.2, 0) is 16.4 Å². The van der Waals surface area contributed by atoms with Gasteiger partial charge >= 0.3 is 0 Å². The fourth-order valence-electron chi connectivity index (χ4n) is 2.73. The van der Waals surface area contributed by atoms with Crippen LogP contribution in [0.3, 0.4) is 0 Å². The molecule has 0 fully saturated rings. The average molecular weight is 303 g/mol. The van der Waals surface area contributed by atoms with Gasteiger partial charge in [-0.2, -0.15) is 0 Å². The Morgan fingerprint density at radius 2 is 2.05 bits per heavy atom. The lowest BCUT2D eigenvalue weighted by Crippen LogP contribution is -2.42. The summed E-state index contributed by atoms with van der Waals surface area (Å²) in [6, 6.07) is 8.99. The van der Waals surface area contributed by atoms with E-state index < -0.39 is 10.0 Å². The summed E-state index contributed by atoms with van der Waals surface area (Å²) in [6.07, 6.45) is 4.47. The quantitative estimate of drug-likeness (QED) is 0.922. The molecule has 1 atom stereocenters. The van der Waals surface area contributed by atoms with Gasteiger partial charge in [-0.1, -0.05) is 18.2 Å². The second kappa shape index (κ2) is 5.04. The number of nitrogens with zero attached hydrogens (tertiary/aromatic N) is 2. The molecule has 2 N–H and O–H groups in total. The highest BCUT2D eigenvalue weighted by Crippen LogP contribution is 2.36. The van der Waals surface area contributed by atoms with Crippen LogP contribution in [0.25, 0.3) is 0 Å². The monoisotopic (exact) mass is 303 g/mol. The molecule has 0 amide bonds. The Kier molecular flexibility index (Phi) is 3.33. The fraction of sp³-hybridized carbons (Fsp3) is 0.267. The number of hydrogen-bond donors (Lipinski definition) is 1. The highest BCUT2D eigenvalue weighted by Gasteiger charge is 2.34. The number of hydrogen-bond acceptors (Lipinski definition) is 4. The number of aromatic nitrogens is 1. The number of para-hydroxylation sites is 1. The predicted molar refractivity (Wildman–Crippen MR) is 82.5 cm³/mol. The third-order valence-corrected chi connectivity index (χ3v) is 5.79. The fourth-order valence-corrected chi connectivity index (χ4v) is 4.52. The smallest absolute Gasteiger partial charge is 0.268 e. The Morgan fingerprint density at radius 1 is 1.29 bits per heavy atom. The van der Waals surface area contributed by atoms with Crippen molar-refractivity contribution in [3.63, 3.8) is 0 Å². The molecule has 1 aromatic carbocycles. The summed E-state index contributed by atoms with van der Waals surface area (Å²) in [7, 11) is -3.71. The van der Waals surface area contributed by atoms with E-state index in [9.17, 15) is 8.42 Å². The summed E-state index contributed by atoms with van der Waals surface area (Å²) in [6.45, 7) is 1.92. The van der Waals surface area contributed by atoms with E-state index >= 15 is 0 Å². The van der Waals surface area contributed by atoms with E-state index in [1.807, 2.05) is 31.2 Å². The topological polar surface area (TPSA) is 76.3 Å². The third-order valence-electron chi connectivity index (χ3n) is 3.81. The molecular formula is C15H17N3O2S. The van der Waals surface area contributed by atoms with Crippen LogP contribution in [0.5, 0.6) is 0 Å². The van der Waals surface area contributed by atoms with Gasteiger partial charge in [0.2, 0.25) is 0 Å². The van der Waals surface area contributed by atoms with E-state index in [4.69, 9.17) is 5.73 Å². The van der Waals surface area contributed by atoms with Gasteiger partial charge in [-0.3, -0.25) is 9.29 Å². The maximum Gasteiger partial charge on any atom is 0.268 e. The van der Waals surface area contributed by atoms with Crippen molar-refractivity contribution in [1.82, 2.24) is 4.98 Å². The minimum atomic E-state index is -3.71. The summed E-state index contributed by atoms with van der Waals surface area (Å²) >= 11 is 0. The van der Waals surface area contributed by atoms with Crippen molar-refractivity contribution in [2.24, 2.45) is 0 Å². The second-order valence-corrected chi connectivity index (χ2v) is 7.01. The first-order valence-electron chi connectivity index (χ1n) is 6.83. The summed E-state index contributed by atoms with van der Waals surface area (Å²) in [5.74, 6) is 0. The Bertz CT molecular complexity index is 774. The Hall–Kier alpha value is -2.08. The predicted octanol–water partition coefficient (Wildman–Crippen LogP) is 2.19. The molecule has 0 aliphatic carbocycles. The van der Waals surface area contributed by atoms with Crippen LogP contribution in [0.2, 0.25) is 0 Å². The number of benzene rings is 1. The first kappa shape index (κ1) is 13.9. The van der Waals surface area contributed by atoms with E-state index in [1.165, 1.54) is 22.8 Å². The van der Waals surface area contributed by atoms with Crippen LogP contribution in [0, 0.1) is 0 Å². The largest absolute Gasteiger partial charge is 0.398 e. The highest BCUT2D eigenvalue weighted by molar-refractivity contribution is 7.93. The van der Waals surface area contributed by atoms with E-state index in [0.29, 0.717) is 0 Å². The van der Waals surface area contributed by atoms with Crippen molar-refractivity contribution >= 4 is 21.4 Å². The van der Waals surface area contributed by atoms with E-state index in [1.54, 1.807) is 0 Å². The molecule has 5 nitrogen and oxygen atoms in total. The minimum Gasteiger partial charge on any atom is -0.398 e. The van der Waals surface area contributed by atoms with Crippen molar-refractivity contribution in [3.8, 4) is 0 Å². The van der Waals surface area contributed by atoms with E-state index in [0.717, 1.165) is 24.1 Å². The number of nitrogens with two attached hydrogens (primary N) is 1. The number of aryl methyl sites for hydroxylation is 1. The maximum atomic E-state index is 13.0. The first-order valence-corrected chi connectivity index (χ1v) is 8.27. The molecule has 1 unspecified atom stereocenters. The van der Waals surface area contributed by atoms with Gasteiger partial charge in [-0.05, 0) is 37.5 Å². The molecule has 0 bridgehead atoms. The number of pyridine rings is 1. The Balaban J connectivity index is 2.17. The number of sulfonamides is 1. The zero-order valence-electron chi connectivity index (χ0n) is 11.7. The molecule has 6 heteroatoms. The average Bonchev–Trinajstić information content (AvgIpc) is 2.47. The number of anilines is 2. The molecule has 2 heterocycles. The molecule has 110 valence electrons. The molecule has 0 spiro atoms. The Morgan fingerprint density at radius 3 is 2.81 bits per heavy atom. The molecule has 3 rings (SSSR count). The number of fused-ring (bicyclic) bond motifs is 1. The summed E-state index contributed by atoms with van der Waals surface area (Å²) < 4.78 is 27.4. The van der Waals surface area contributed by atoms with Gasteiger partial charge in [-0.25, -0.2) is 8.42 Å². The van der Waals surface area contributed by atoms with Crippen molar-refractivity contribution < 1.29 is 8.42 Å². The van der Waals surface area contributed by atoms with Crippen LogP contribution < -0.4 is 10.0 Å². The van der Waals surface area contributed by atoms with Gasteiger partial charge in [0.05, 0.1) is 11.4 Å². The van der Waals surface area contributed by atoms with Crippen LogP contribution in [-0.4, -0.2) is 19.4 Å². The summed E-state index contributed by atoms with van der Waals surface area (Å²) in [5.41, 5.74) is 7.83. The molecule has 0 saturated heterocycles. The third kappa shape index (κ3) is 2.25. The molecule has 21 heavy (non-hydrogen) atoms. The lowest BCUT2D eigenvalue weighted by molar-refractivity contribution is 0.563. The van der Waals surface area contributed by atoms with Crippen molar-refractivity contribution in [1.29, 1.82) is 0 Å². The van der Waals surface area contributed by atoms with Crippen LogP contribution in [0.15, 0.2) is 47.6 Å². The highest BCUT2D eigenvalue weighted by atomic mass is 32.2. The number of nitrogen functional groups attached to an aromatic ring is 1. The lowest BCUT2D eigenvalue weighted by Gasteiger charge is -2.36. The van der Waals surface area contributed by atoms with Crippen LogP contribution in [0.1, 0.15) is 18.9 Å². The Labute approximate surface area is 124 Å². The summed E-state index contributed by atoms with van der Waals surface area (Å²) in [5, 5.41) is 0. The molecule has 2 aromatic rings. The maximum absolute atomic E-state index is 13.0. The molecule has 0 radical (unpaired) electrons. The van der Waals surface area contributed by atoms with E-state index in [-0.39, 0.29) is 16.6 Å². The normalized spacial score (nSPS) is 18.3. The van der Waals surface area contributed by atoms with Gasteiger partial charge in [0, 0.05) is 18.4 Å². The van der Waals surface area contributed by atoms with Crippen LogP contribution in [0.4, 0.5) is 11.4 Å². The van der Waals surface area contributed by atoms with E-state index in [2.05, 4.69) is 4.98 Å². The number of rotatable bonds is 2. The van der Waals surface area contributed by atoms with Crippen LogP contribution >= 0.6 is 0 Å². The molecule has 1 aliphatic rings.